The standard InChI is InChI=1S/C11H21ClN2O3S/c12-3-9-18(15,16)14-6-4-13(5-7-14)10-11-2-1-8-17-11/h11H,1-10H2. The molecule has 1 atom stereocenters. The number of hydrogen-bond donors (Lipinski definition) is 0. The minimum Gasteiger partial charge on any atom is -0.377 e. The fourth-order valence-electron chi connectivity index (χ4n) is 2.49. The Morgan fingerprint density at radius 2 is 1.94 bits per heavy atom. The summed E-state index contributed by atoms with van der Waals surface area (Å²) in [6.07, 6.45) is 2.62. The SMILES string of the molecule is O=S(=O)(CCCl)N1CCN(CC2CCCO2)CC1. The van der Waals surface area contributed by atoms with Crippen molar-refractivity contribution < 1.29 is 13.2 Å². The molecule has 0 bridgehead atoms. The zero-order valence-electron chi connectivity index (χ0n) is 10.6. The van der Waals surface area contributed by atoms with Gasteiger partial charge in [0.2, 0.25) is 10.0 Å². The molecule has 106 valence electrons. The van der Waals surface area contributed by atoms with Crippen LogP contribution in [0.1, 0.15) is 12.8 Å². The Balaban J connectivity index is 1.77. The van der Waals surface area contributed by atoms with E-state index in [1.165, 1.54) is 0 Å². The first-order valence-corrected chi connectivity index (χ1v) is 8.64. The topological polar surface area (TPSA) is 49.9 Å². The first kappa shape index (κ1) is 14.5. The van der Waals surface area contributed by atoms with Crippen LogP contribution in [-0.2, 0) is 14.8 Å². The van der Waals surface area contributed by atoms with E-state index in [2.05, 4.69) is 4.90 Å². The molecule has 0 aromatic rings. The predicted octanol–water partition coefficient (Wildman–Crippen LogP) is 0.352. The number of alkyl halides is 1. The third-order valence-electron chi connectivity index (χ3n) is 3.55. The molecule has 1 unspecified atom stereocenters. The minimum atomic E-state index is -3.14. The van der Waals surface area contributed by atoms with Crippen molar-refractivity contribution in [3.63, 3.8) is 0 Å². The minimum absolute atomic E-state index is 0.0420. The fraction of sp³-hybridized carbons (Fsp3) is 1.00. The largest absolute Gasteiger partial charge is 0.377 e. The fourth-order valence-corrected chi connectivity index (χ4v) is 4.25. The van der Waals surface area contributed by atoms with Crippen molar-refractivity contribution in [2.45, 2.75) is 18.9 Å². The summed E-state index contributed by atoms with van der Waals surface area (Å²) in [7, 11) is -3.14. The van der Waals surface area contributed by atoms with Gasteiger partial charge in [-0.25, -0.2) is 8.42 Å². The molecular weight excluding hydrogens is 276 g/mol. The molecule has 0 saturated carbocycles. The smallest absolute Gasteiger partial charge is 0.215 e. The first-order chi connectivity index (χ1) is 8.62. The molecule has 5 nitrogen and oxygen atoms in total. The predicted molar refractivity (Wildman–Crippen MR) is 71.5 cm³/mol. The van der Waals surface area contributed by atoms with Crippen LogP contribution in [0, 0.1) is 0 Å². The van der Waals surface area contributed by atoms with E-state index in [4.69, 9.17) is 16.3 Å². The average molecular weight is 297 g/mol. The van der Waals surface area contributed by atoms with Crippen LogP contribution < -0.4 is 0 Å². The summed E-state index contributed by atoms with van der Waals surface area (Å²) in [5.74, 6) is 0.207. The maximum absolute atomic E-state index is 11.8. The summed E-state index contributed by atoms with van der Waals surface area (Å²) in [6, 6.07) is 0. The van der Waals surface area contributed by atoms with Crippen LogP contribution in [0.2, 0.25) is 0 Å². The molecule has 18 heavy (non-hydrogen) atoms. The highest BCUT2D eigenvalue weighted by molar-refractivity contribution is 7.89. The third-order valence-corrected chi connectivity index (χ3v) is 5.83. The molecule has 2 fully saturated rings. The van der Waals surface area contributed by atoms with E-state index in [1.54, 1.807) is 4.31 Å². The molecule has 2 aliphatic heterocycles. The molecule has 0 aromatic carbocycles. The van der Waals surface area contributed by atoms with Crippen molar-refractivity contribution >= 4 is 21.6 Å². The Labute approximate surface area is 114 Å². The van der Waals surface area contributed by atoms with Gasteiger partial charge in [0.25, 0.3) is 0 Å². The van der Waals surface area contributed by atoms with Crippen molar-refractivity contribution in [1.82, 2.24) is 9.21 Å². The maximum Gasteiger partial charge on any atom is 0.215 e. The van der Waals surface area contributed by atoms with Crippen molar-refractivity contribution in [2.24, 2.45) is 0 Å². The third kappa shape index (κ3) is 3.81. The molecule has 0 aromatic heterocycles. The van der Waals surface area contributed by atoms with Crippen LogP contribution in [0.15, 0.2) is 0 Å². The number of halogens is 1. The summed E-state index contributed by atoms with van der Waals surface area (Å²) in [5, 5.41) is 0. The molecule has 2 heterocycles. The Hall–Kier alpha value is 0.120. The lowest BCUT2D eigenvalue weighted by Gasteiger charge is -2.34. The molecule has 2 saturated heterocycles. The van der Waals surface area contributed by atoms with Crippen LogP contribution in [0.4, 0.5) is 0 Å². The average Bonchev–Trinajstić information content (AvgIpc) is 2.82. The summed E-state index contributed by atoms with van der Waals surface area (Å²) in [5.41, 5.74) is 0. The normalized spacial score (nSPS) is 27.7. The molecular formula is C11H21ClN2O3S. The van der Waals surface area contributed by atoms with Gasteiger partial charge in [0.15, 0.2) is 0 Å². The second kappa shape index (κ2) is 6.52. The zero-order valence-corrected chi connectivity index (χ0v) is 12.1. The van der Waals surface area contributed by atoms with Gasteiger partial charge < -0.3 is 4.74 Å². The highest BCUT2D eigenvalue weighted by Gasteiger charge is 2.28. The Bertz CT molecular complexity index is 349. The van der Waals surface area contributed by atoms with Crippen LogP contribution in [-0.4, -0.2) is 74.7 Å². The van der Waals surface area contributed by atoms with Crippen LogP contribution >= 0.6 is 11.6 Å². The van der Waals surface area contributed by atoms with E-state index in [1.807, 2.05) is 0 Å². The lowest BCUT2D eigenvalue weighted by atomic mass is 10.2. The van der Waals surface area contributed by atoms with Crippen molar-refractivity contribution in [2.75, 3.05) is 51.0 Å². The van der Waals surface area contributed by atoms with E-state index in [9.17, 15) is 8.42 Å². The number of hydrogen-bond acceptors (Lipinski definition) is 4. The van der Waals surface area contributed by atoms with Gasteiger partial charge in [0.1, 0.15) is 0 Å². The zero-order chi connectivity index (χ0) is 13.0. The van der Waals surface area contributed by atoms with Crippen LogP contribution in [0.5, 0.6) is 0 Å². The Kier molecular flexibility index (Phi) is 5.26. The van der Waals surface area contributed by atoms with E-state index < -0.39 is 10.0 Å². The lowest BCUT2D eigenvalue weighted by molar-refractivity contribution is 0.0617. The van der Waals surface area contributed by atoms with Gasteiger partial charge in [-0.05, 0) is 12.8 Å². The number of piperazine rings is 1. The number of sulfonamides is 1. The van der Waals surface area contributed by atoms with E-state index >= 15 is 0 Å². The number of nitrogens with zero attached hydrogens (tertiary/aromatic N) is 2. The summed E-state index contributed by atoms with van der Waals surface area (Å²) in [6.45, 7) is 4.54. The van der Waals surface area contributed by atoms with Crippen molar-refractivity contribution in [3.8, 4) is 0 Å². The van der Waals surface area contributed by atoms with E-state index in [0.29, 0.717) is 19.2 Å². The van der Waals surface area contributed by atoms with Gasteiger partial charge in [-0.15, -0.1) is 11.6 Å². The van der Waals surface area contributed by atoms with E-state index in [0.717, 1.165) is 39.1 Å². The van der Waals surface area contributed by atoms with E-state index in [-0.39, 0.29) is 11.6 Å². The van der Waals surface area contributed by atoms with Crippen LogP contribution in [0.3, 0.4) is 0 Å². The van der Waals surface area contributed by atoms with Gasteiger partial charge in [0.05, 0.1) is 11.9 Å². The summed E-state index contributed by atoms with van der Waals surface area (Å²) >= 11 is 5.51. The number of rotatable bonds is 5. The summed E-state index contributed by atoms with van der Waals surface area (Å²) < 4.78 is 30.8. The highest BCUT2D eigenvalue weighted by atomic mass is 35.5. The van der Waals surface area contributed by atoms with Gasteiger partial charge in [-0.2, -0.15) is 4.31 Å². The molecule has 2 rings (SSSR count). The lowest BCUT2D eigenvalue weighted by Crippen LogP contribution is -2.50. The highest BCUT2D eigenvalue weighted by Crippen LogP contribution is 2.15. The second-order valence-electron chi connectivity index (χ2n) is 4.84. The summed E-state index contributed by atoms with van der Waals surface area (Å²) in [4.78, 5) is 2.29. The molecule has 0 spiro atoms. The molecule has 0 aliphatic carbocycles. The molecule has 2 aliphatic rings. The van der Waals surface area contributed by atoms with Gasteiger partial charge in [-0.3, -0.25) is 4.90 Å². The Morgan fingerprint density at radius 1 is 1.22 bits per heavy atom. The maximum atomic E-state index is 11.8. The molecule has 0 radical (unpaired) electrons. The van der Waals surface area contributed by atoms with Gasteiger partial charge >= 0.3 is 0 Å². The molecule has 0 amide bonds. The van der Waals surface area contributed by atoms with Crippen molar-refractivity contribution in [3.05, 3.63) is 0 Å². The quantitative estimate of drug-likeness (QED) is 0.687. The van der Waals surface area contributed by atoms with Gasteiger partial charge in [0, 0.05) is 45.2 Å². The van der Waals surface area contributed by atoms with Crippen LogP contribution in [0.25, 0.3) is 0 Å². The monoisotopic (exact) mass is 296 g/mol. The second-order valence-corrected chi connectivity index (χ2v) is 7.31. The molecule has 0 N–H and O–H groups in total. The molecule has 7 heteroatoms. The van der Waals surface area contributed by atoms with Gasteiger partial charge in [-0.1, -0.05) is 0 Å². The number of ether oxygens (including phenoxy) is 1. The first-order valence-electron chi connectivity index (χ1n) is 6.49. The Morgan fingerprint density at radius 3 is 2.50 bits per heavy atom. The van der Waals surface area contributed by atoms with Crippen molar-refractivity contribution in [1.29, 1.82) is 0 Å².